The van der Waals surface area contributed by atoms with Crippen molar-refractivity contribution in [1.29, 1.82) is 0 Å². The highest BCUT2D eigenvalue weighted by molar-refractivity contribution is 6.30. The summed E-state index contributed by atoms with van der Waals surface area (Å²) in [6.07, 6.45) is 6.66. The first kappa shape index (κ1) is 18.3. The Morgan fingerprint density at radius 2 is 1.85 bits per heavy atom. The van der Waals surface area contributed by atoms with Crippen LogP contribution in [0.1, 0.15) is 35.2 Å². The van der Waals surface area contributed by atoms with Crippen molar-refractivity contribution in [2.45, 2.75) is 37.8 Å². The van der Waals surface area contributed by atoms with E-state index in [2.05, 4.69) is 37.4 Å². The van der Waals surface area contributed by atoms with Crippen LogP contribution in [0.15, 0.2) is 66.4 Å². The highest BCUT2D eigenvalue weighted by atomic mass is 35.5. The van der Waals surface area contributed by atoms with E-state index in [4.69, 9.17) is 11.6 Å². The lowest BCUT2D eigenvalue weighted by Gasteiger charge is -2.33. The molecule has 1 N–H and O–H groups in total. The predicted molar refractivity (Wildman–Crippen MR) is 109 cm³/mol. The third-order valence-corrected chi connectivity index (χ3v) is 6.31. The molecule has 1 fully saturated rings. The Labute approximate surface area is 166 Å². The van der Waals surface area contributed by atoms with Gasteiger partial charge in [0.1, 0.15) is 6.04 Å². The predicted octanol–water partition coefficient (Wildman–Crippen LogP) is 3.36. The van der Waals surface area contributed by atoms with Gasteiger partial charge in [-0.05, 0) is 42.3 Å². The molecule has 2 aromatic carbocycles. The summed E-state index contributed by atoms with van der Waals surface area (Å²) in [7, 11) is 2.28. The summed E-state index contributed by atoms with van der Waals surface area (Å²) in [5.74, 6) is 0.0767. The quantitative estimate of drug-likeness (QED) is 0.844. The summed E-state index contributed by atoms with van der Waals surface area (Å²) in [6, 6.07) is 18.8. The van der Waals surface area contributed by atoms with Crippen LogP contribution < -0.4 is 4.90 Å². The Hall–Kier alpha value is -2.10. The van der Waals surface area contributed by atoms with Crippen molar-refractivity contribution in [3.63, 3.8) is 0 Å². The van der Waals surface area contributed by atoms with E-state index in [0.717, 1.165) is 12.8 Å². The fourth-order valence-electron chi connectivity index (χ4n) is 4.38. The number of rotatable bonds is 5. The van der Waals surface area contributed by atoms with Gasteiger partial charge in [-0.2, -0.15) is 0 Å². The number of likely N-dealkylation sites (N-methyl/N-ethyl adjacent to an activating group) is 1. The fraction of sp³-hybridized carbons (Fsp3) is 0.348. The number of amides is 1. The highest BCUT2D eigenvalue weighted by Gasteiger charge is 2.40. The Bertz CT molecular complexity index is 831. The second kappa shape index (κ2) is 7.87. The summed E-state index contributed by atoms with van der Waals surface area (Å²) < 4.78 is 0. The molecule has 4 rings (SSSR count). The zero-order valence-electron chi connectivity index (χ0n) is 15.7. The smallest absolute Gasteiger partial charge is 0.258 e. The molecule has 3 atom stereocenters. The van der Waals surface area contributed by atoms with Crippen LogP contribution in [-0.2, 0) is 6.42 Å². The maximum atomic E-state index is 13.3. The normalized spacial score (nSPS) is 23.8. The first-order valence-electron chi connectivity index (χ1n) is 9.77. The molecule has 140 valence electrons. The van der Waals surface area contributed by atoms with Gasteiger partial charge in [0.15, 0.2) is 0 Å². The van der Waals surface area contributed by atoms with Crippen LogP contribution >= 0.6 is 11.6 Å². The van der Waals surface area contributed by atoms with Gasteiger partial charge in [-0.25, -0.2) is 0 Å². The molecule has 1 saturated heterocycles. The van der Waals surface area contributed by atoms with Crippen LogP contribution in [0.3, 0.4) is 0 Å². The van der Waals surface area contributed by atoms with Crippen LogP contribution in [0.5, 0.6) is 0 Å². The number of hydrogen-bond donors (Lipinski definition) is 1. The van der Waals surface area contributed by atoms with Crippen molar-refractivity contribution in [3.8, 4) is 0 Å². The van der Waals surface area contributed by atoms with Crippen molar-refractivity contribution in [3.05, 3.63) is 82.5 Å². The molecular formula is C23H26ClN2O+. The van der Waals surface area contributed by atoms with Crippen molar-refractivity contribution in [1.82, 2.24) is 4.90 Å². The van der Waals surface area contributed by atoms with E-state index in [1.807, 2.05) is 23.1 Å². The third-order valence-electron chi connectivity index (χ3n) is 6.05. The van der Waals surface area contributed by atoms with Gasteiger partial charge in [0.25, 0.3) is 5.91 Å². The number of halogens is 1. The maximum absolute atomic E-state index is 13.3. The number of carbonyl (C=O) groups is 1. The second-order valence-corrected chi connectivity index (χ2v) is 8.12. The molecule has 1 unspecified atom stereocenters. The lowest BCUT2D eigenvalue weighted by Crippen LogP contribution is -3.14. The third kappa shape index (κ3) is 3.95. The van der Waals surface area contributed by atoms with E-state index in [1.165, 1.54) is 24.1 Å². The number of benzene rings is 2. The molecule has 2 aliphatic rings. The van der Waals surface area contributed by atoms with Crippen molar-refractivity contribution in [2.24, 2.45) is 0 Å². The summed E-state index contributed by atoms with van der Waals surface area (Å²) in [6.45, 7) is 0.704. The minimum Gasteiger partial charge on any atom is -0.329 e. The first-order chi connectivity index (χ1) is 13.1. The van der Waals surface area contributed by atoms with Gasteiger partial charge in [0, 0.05) is 42.1 Å². The van der Waals surface area contributed by atoms with Crippen LogP contribution in [0, 0.1) is 0 Å². The monoisotopic (exact) mass is 381 g/mol. The Morgan fingerprint density at radius 3 is 2.56 bits per heavy atom. The lowest BCUT2D eigenvalue weighted by molar-refractivity contribution is -0.912. The number of carbonyl (C=O) groups excluding carboxylic acids is 1. The van der Waals surface area contributed by atoms with E-state index in [1.54, 1.807) is 17.0 Å². The molecule has 0 saturated carbocycles. The van der Waals surface area contributed by atoms with Gasteiger partial charge < -0.3 is 9.80 Å². The molecule has 4 heteroatoms. The number of nitrogens with zero attached hydrogens (tertiary/aromatic N) is 1. The summed E-state index contributed by atoms with van der Waals surface area (Å²) in [5, 5.41) is 0.655. The fourth-order valence-corrected chi connectivity index (χ4v) is 4.51. The molecule has 2 aromatic rings. The SMILES string of the molecule is C[NH+]1[C@H]2CC[C@@H]1C=C(N(CCc1ccccc1)C(=O)c1ccc(Cl)cc1)C2. The molecule has 2 aliphatic heterocycles. The number of fused-ring (bicyclic) bond motifs is 2. The second-order valence-electron chi connectivity index (χ2n) is 7.69. The van der Waals surface area contributed by atoms with Crippen molar-refractivity contribution in [2.75, 3.05) is 13.6 Å². The minimum atomic E-state index is 0.0767. The van der Waals surface area contributed by atoms with Crippen molar-refractivity contribution < 1.29 is 9.69 Å². The molecule has 0 aromatic heterocycles. The Balaban J connectivity index is 1.59. The van der Waals surface area contributed by atoms with E-state index < -0.39 is 0 Å². The molecule has 27 heavy (non-hydrogen) atoms. The molecule has 1 amide bonds. The van der Waals surface area contributed by atoms with Crippen LogP contribution in [0.2, 0.25) is 5.02 Å². The average molecular weight is 382 g/mol. The standard InChI is InChI=1S/C23H25ClN2O/c1-25-20-11-12-21(25)16-22(15-20)26(14-13-17-5-3-2-4-6-17)23(27)18-7-9-19(24)10-8-18/h2-10,15,20-21H,11-14,16H2,1H3/p+1/t20-,21+/m1/s1. The molecular weight excluding hydrogens is 356 g/mol. The van der Waals surface area contributed by atoms with Gasteiger partial charge in [-0.15, -0.1) is 0 Å². The molecule has 0 spiro atoms. The van der Waals surface area contributed by atoms with Crippen LogP contribution in [0.4, 0.5) is 0 Å². The topological polar surface area (TPSA) is 24.8 Å². The number of quaternary nitrogens is 1. The van der Waals surface area contributed by atoms with E-state index in [9.17, 15) is 4.79 Å². The van der Waals surface area contributed by atoms with Gasteiger partial charge >= 0.3 is 0 Å². The molecule has 3 nitrogen and oxygen atoms in total. The Morgan fingerprint density at radius 1 is 1.11 bits per heavy atom. The minimum absolute atomic E-state index is 0.0767. The van der Waals surface area contributed by atoms with Gasteiger partial charge in [0.2, 0.25) is 0 Å². The van der Waals surface area contributed by atoms with Crippen molar-refractivity contribution >= 4 is 17.5 Å². The van der Waals surface area contributed by atoms with Gasteiger partial charge in [-0.1, -0.05) is 41.9 Å². The lowest BCUT2D eigenvalue weighted by atomic mass is 10.0. The van der Waals surface area contributed by atoms with Crippen LogP contribution in [0.25, 0.3) is 0 Å². The first-order valence-corrected chi connectivity index (χ1v) is 10.1. The summed E-state index contributed by atoms with van der Waals surface area (Å²) in [5.41, 5.74) is 3.16. The average Bonchev–Trinajstić information content (AvgIpc) is 2.90. The van der Waals surface area contributed by atoms with E-state index >= 15 is 0 Å². The molecule has 2 bridgehead atoms. The number of hydrogen-bond acceptors (Lipinski definition) is 1. The molecule has 2 heterocycles. The van der Waals surface area contributed by atoms with Gasteiger partial charge in [0.05, 0.1) is 13.1 Å². The zero-order valence-corrected chi connectivity index (χ0v) is 16.5. The summed E-state index contributed by atoms with van der Waals surface area (Å²) in [4.78, 5) is 16.9. The van der Waals surface area contributed by atoms with E-state index in [0.29, 0.717) is 29.2 Å². The van der Waals surface area contributed by atoms with Gasteiger partial charge in [-0.3, -0.25) is 4.79 Å². The zero-order chi connectivity index (χ0) is 18.8. The maximum Gasteiger partial charge on any atom is 0.258 e. The van der Waals surface area contributed by atoms with Crippen LogP contribution in [-0.4, -0.2) is 36.5 Å². The molecule has 0 radical (unpaired) electrons. The Kier molecular flexibility index (Phi) is 5.33. The molecule has 0 aliphatic carbocycles. The number of nitrogens with one attached hydrogen (secondary N) is 1. The van der Waals surface area contributed by atoms with E-state index in [-0.39, 0.29) is 5.91 Å². The summed E-state index contributed by atoms with van der Waals surface area (Å²) >= 11 is 6.01. The highest BCUT2D eigenvalue weighted by Crippen LogP contribution is 2.26. The largest absolute Gasteiger partial charge is 0.329 e.